The van der Waals surface area contributed by atoms with Gasteiger partial charge in [-0.15, -0.1) is 5.10 Å². The third-order valence-corrected chi connectivity index (χ3v) is 1.21. The molecule has 0 aromatic carbocycles. The molecule has 0 saturated carbocycles. The van der Waals surface area contributed by atoms with E-state index in [2.05, 4.69) is 28.7 Å². The van der Waals surface area contributed by atoms with Crippen molar-refractivity contribution in [1.29, 1.82) is 0 Å². The van der Waals surface area contributed by atoms with E-state index in [0.29, 0.717) is 5.82 Å². The molecule has 0 radical (unpaired) electrons. The molecule has 1 aromatic rings. The van der Waals surface area contributed by atoms with E-state index in [0.717, 1.165) is 5.56 Å². The van der Waals surface area contributed by atoms with Gasteiger partial charge in [0.25, 0.3) is 0 Å². The second kappa shape index (κ2) is 3.51. The highest BCUT2D eigenvalue weighted by Gasteiger charge is 1.95. The van der Waals surface area contributed by atoms with Crippen LogP contribution in [-0.4, -0.2) is 10.2 Å². The Morgan fingerprint density at radius 2 is 2.27 bits per heavy atom. The fraction of sp³-hybridized carbons (Fsp3) is 0. The molecule has 0 aliphatic carbocycles. The zero-order valence-corrected chi connectivity index (χ0v) is 6.12. The first-order valence-electron chi connectivity index (χ1n) is 3.20. The Hall–Kier alpha value is -1.64. The third-order valence-electron chi connectivity index (χ3n) is 1.21. The van der Waals surface area contributed by atoms with Gasteiger partial charge in [-0.3, -0.25) is 0 Å². The van der Waals surface area contributed by atoms with E-state index in [1.165, 1.54) is 0 Å². The smallest absolute Gasteiger partial charge is 0.159 e. The van der Waals surface area contributed by atoms with E-state index in [9.17, 15) is 0 Å². The van der Waals surface area contributed by atoms with Gasteiger partial charge in [-0.1, -0.05) is 19.2 Å². The first-order valence-corrected chi connectivity index (χ1v) is 3.20. The molecular formula is C8H9N3. The molecule has 3 nitrogen and oxygen atoms in total. The third kappa shape index (κ3) is 1.64. The maximum absolute atomic E-state index is 3.84. The number of rotatable bonds is 3. The molecule has 0 atom stereocenters. The molecule has 1 N–H and O–H groups in total. The van der Waals surface area contributed by atoms with E-state index < -0.39 is 0 Å². The van der Waals surface area contributed by atoms with Crippen molar-refractivity contribution >= 4 is 11.9 Å². The Balaban J connectivity index is 3.01. The highest BCUT2D eigenvalue weighted by atomic mass is 15.2. The highest BCUT2D eigenvalue weighted by molar-refractivity contribution is 5.61. The molecule has 1 heterocycles. The lowest BCUT2D eigenvalue weighted by molar-refractivity contribution is 1.03. The molecule has 0 aliphatic heterocycles. The lowest BCUT2D eigenvalue weighted by Gasteiger charge is -2.00. The maximum Gasteiger partial charge on any atom is 0.159 e. The molecule has 0 fully saturated rings. The molecule has 1 rings (SSSR count). The number of hydrogen-bond acceptors (Lipinski definition) is 3. The Morgan fingerprint density at radius 3 is 2.91 bits per heavy atom. The van der Waals surface area contributed by atoms with E-state index in [1.807, 2.05) is 6.07 Å². The SMILES string of the molecule is C=CNc1nnccc1C=C. The van der Waals surface area contributed by atoms with Crippen LogP contribution in [0.4, 0.5) is 5.82 Å². The number of nitrogens with zero attached hydrogens (tertiary/aromatic N) is 2. The predicted molar refractivity (Wildman–Crippen MR) is 45.9 cm³/mol. The van der Waals surface area contributed by atoms with Crippen molar-refractivity contribution in [3.8, 4) is 0 Å². The Morgan fingerprint density at radius 1 is 1.45 bits per heavy atom. The lowest BCUT2D eigenvalue weighted by atomic mass is 10.3. The van der Waals surface area contributed by atoms with Gasteiger partial charge in [0.15, 0.2) is 5.82 Å². The van der Waals surface area contributed by atoms with Crippen molar-refractivity contribution in [2.45, 2.75) is 0 Å². The summed E-state index contributed by atoms with van der Waals surface area (Å²) in [6.45, 7) is 7.15. The molecule has 11 heavy (non-hydrogen) atoms. The van der Waals surface area contributed by atoms with Crippen LogP contribution < -0.4 is 5.32 Å². The van der Waals surface area contributed by atoms with Gasteiger partial charge < -0.3 is 5.32 Å². The minimum absolute atomic E-state index is 0.678. The molecule has 3 heteroatoms. The van der Waals surface area contributed by atoms with Gasteiger partial charge in [-0.05, 0) is 12.3 Å². The Labute approximate surface area is 65.5 Å². The Bertz CT molecular complexity index is 268. The molecule has 56 valence electrons. The van der Waals surface area contributed by atoms with Gasteiger partial charge >= 0.3 is 0 Å². The average Bonchev–Trinajstić information content (AvgIpc) is 2.06. The van der Waals surface area contributed by atoms with E-state index in [-0.39, 0.29) is 0 Å². The standard InChI is InChI=1S/C8H9N3/c1-3-7-5-6-10-11-8(7)9-4-2/h3-6H,1-2H2,(H,9,11). The fourth-order valence-electron chi connectivity index (χ4n) is 0.715. The second-order valence-electron chi connectivity index (χ2n) is 1.89. The van der Waals surface area contributed by atoms with Crippen molar-refractivity contribution < 1.29 is 0 Å². The van der Waals surface area contributed by atoms with Crippen LogP contribution in [0.5, 0.6) is 0 Å². The van der Waals surface area contributed by atoms with E-state index in [4.69, 9.17) is 0 Å². The van der Waals surface area contributed by atoms with E-state index in [1.54, 1.807) is 18.5 Å². The summed E-state index contributed by atoms with van der Waals surface area (Å²) >= 11 is 0. The highest BCUT2D eigenvalue weighted by Crippen LogP contribution is 2.10. The van der Waals surface area contributed by atoms with Crippen LogP contribution in [0.3, 0.4) is 0 Å². The van der Waals surface area contributed by atoms with Crippen LogP contribution in [0.25, 0.3) is 6.08 Å². The monoisotopic (exact) mass is 147 g/mol. The topological polar surface area (TPSA) is 37.8 Å². The number of aromatic nitrogens is 2. The van der Waals surface area contributed by atoms with Crippen LogP contribution in [0, 0.1) is 0 Å². The summed E-state index contributed by atoms with van der Waals surface area (Å²) in [5.74, 6) is 0.678. The van der Waals surface area contributed by atoms with Crippen LogP contribution in [0.1, 0.15) is 5.56 Å². The minimum atomic E-state index is 0.678. The minimum Gasteiger partial charge on any atom is -0.345 e. The molecule has 0 amide bonds. The van der Waals surface area contributed by atoms with Gasteiger partial charge in [0, 0.05) is 5.56 Å². The summed E-state index contributed by atoms with van der Waals surface area (Å²) in [4.78, 5) is 0. The van der Waals surface area contributed by atoms with Crippen molar-refractivity contribution in [3.63, 3.8) is 0 Å². The van der Waals surface area contributed by atoms with Crippen LogP contribution in [-0.2, 0) is 0 Å². The second-order valence-corrected chi connectivity index (χ2v) is 1.89. The number of nitrogens with one attached hydrogen (secondary N) is 1. The number of hydrogen-bond donors (Lipinski definition) is 1. The first-order chi connectivity index (χ1) is 5.38. The van der Waals surface area contributed by atoms with Crippen LogP contribution in [0.2, 0.25) is 0 Å². The lowest BCUT2D eigenvalue weighted by Crippen LogP contribution is -1.94. The maximum atomic E-state index is 3.84. The summed E-state index contributed by atoms with van der Waals surface area (Å²) in [5, 5.41) is 10.4. The van der Waals surface area contributed by atoms with Gasteiger partial charge in [0.2, 0.25) is 0 Å². The normalized spacial score (nSPS) is 8.73. The zero-order valence-electron chi connectivity index (χ0n) is 6.12. The van der Waals surface area contributed by atoms with Crippen molar-refractivity contribution in [1.82, 2.24) is 10.2 Å². The molecular weight excluding hydrogens is 138 g/mol. The summed E-state index contributed by atoms with van der Waals surface area (Å²) in [7, 11) is 0. The Kier molecular flexibility index (Phi) is 2.38. The first kappa shape index (κ1) is 7.47. The summed E-state index contributed by atoms with van der Waals surface area (Å²) in [6.07, 6.45) is 4.88. The van der Waals surface area contributed by atoms with Crippen LogP contribution in [0.15, 0.2) is 31.6 Å². The van der Waals surface area contributed by atoms with Crippen molar-refractivity contribution in [2.75, 3.05) is 5.32 Å². The van der Waals surface area contributed by atoms with Gasteiger partial charge in [0.1, 0.15) is 0 Å². The average molecular weight is 147 g/mol. The van der Waals surface area contributed by atoms with Crippen molar-refractivity contribution in [2.24, 2.45) is 0 Å². The quantitative estimate of drug-likeness (QED) is 0.706. The van der Waals surface area contributed by atoms with Gasteiger partial charge in [-0.2, -0.15) is 5.10 Å². The summed E-state index contributed by atoms with van der Waals surface area (Å²) in [5.41, 5.74) is 0.917. The molecule has 1 aromatic heterocycles. The molecule has 0 saturated heterocycles. The number of anilines is 1. The van der Waals surface area contributed by atoms with Crippen molar-refractivity contribution in [3.05, 3.63) is 37.2 Å². The molecule has 0 aliphatic rings. The molecule has 0 spiro atoms. The molecule has 0 unspecified atom stereocenters. The van der Waals surface area contributed by atoms with Crippen LogP contribution >= 0.6 is 0 Å². The van der Waals surface area contributed by atoms with Gasteiger partial charge in [-0.25, -0.2) is 0 Å². The summed E-state index contributed by atoms with van der Waals surface area (Å²) < 4.78 is 0. The largest absolute Gasteiger partial charge is 0.345 e. The zero-order chi connectivity index (χ0) is 8.10. The fourth-order valence-corrected chi connectivity index (χ4v) is 0.715. The van der Waals surface area contributed by atoms with Gasteiger partial charge in [0.05, 0.1) is 6.20 Å². The molecule has 0 bridgehead atoms. The van der Waals surface area contributed by atoms with E-state index >= 15 is 0 Å². The summed E-state index contributed by atoms with van der Waals surface area (Å²) in [6, 6.07) is 1.83. The predicted octanol–water partition coefficient (Wildman–Crippen LogP) is 1.67.